The molecule has 3 N–H and O–H groups in total. The number of nitrogens with one attached hydrogen (secondary N) is 3. The number of nitrogens with zero attached hydrogens (tertiary/aromatic N) is 1. The Balaban J connectivity index is 1.27. The molecule has 3 heterocycles. The van der Waals surface area contributed by atoms with E-state index in [1.54, 1.807) is 4.90 Å². The maximum absolute atomic E-state index is 12.8. The number of carbonyl (C=O) groups is 3. The first kappa shape index (κ1) is 18.8. The van der Waals surface area contributed by atoms with Crippen LogP contribution >= 0.6 is 0 Å². The van der Waals surface area contributed by atoms with Crippen LogP contribution in [0.25, 0.3) is 0 Å². The van der Waals surface area contributed by atoms with E-state index in [1.165, 1.54) is 11.1 Å². The fraction of sp³-hybridized carbons (Fsp3) is 0.348. The van der Waals surface area contributed by atoms with Gasteiger partial charge in [0.2, 0.25) is 11.8 Å². The van der Waals surface area contributed by atoms with Crippen LogP contribution in [0.4, 0.5) is 5.69 Å². The number of rotatable bonds is 4. The number of hydrogen-bond acceptors (Lipinski definition) is 5. The van der Waals surface area contributed by atoms with Gasteiger partial charge < -0.3 is 15.5 Å². The topological polar surface area (TPSA) is 90.5 Å². The van der Waals surface area contributed by atoms with Crippen LogP contribution in [-0.4, -0.2) is 35.2 Å². The predicted octanol–water partition coefficient (Wildman–Crippen LogP) is 1.71. The molecule has 0 bridgehead atoms. The van der Waals surface area contributed by atoms with Gasteiger partial charge in [0.1, 0.15) is 6.04 Å². The van der Waals surface area contributed by atoms with Gasteiger partial charge in [0, 0.05) is 37.3 Å². The third kappa shape index (κ3) is 3.45. The van der Waals surface area contributed by atoms with E-state index in [2.05, 4.69) is 34.1 Å². The molecule has 0 saturated carbocycles. The third-order valence-electron chi connectivity index (χ3n) is 6.18. The minimum atomic E-state index is -0.575. The van der Waals surface area contributed by atoms with E-state index < -0.39 is 6.04 Å². The van der Waals surface area contributed by atoms with E-state index in [0.717, 1.165) is 36.3 Å². The van der Waals surface area contributed by atoms with E-state index >= 15 is 0 Å². The zero-order chi connectivity index (χ0) is 20.7. The van der Waals surface area contributed by atoms with E-state index in [-0.39, 0.29) is 24.1 Å². The molecule has 30 heavy (non-hydrogen) atoms. The zero-order valence-corrected chi connectivity index (χ0v) is 16.7. The van der Waals surface area contributed by atoms with Crippen LogP contribution in [-0.2, 0) is 35.6 Å². The second kappa shape index (κ2) is 7.57. The summed E-state index contributed by atoms with van der Waals surface area (Å²) in [5.74, 6) is -0.786. The monoisotopic (exact) mass is 404 g/mol. The minimum Gasteiger partial charge on any atom is -0.381 e. The Kier molecular flexibility index (Phi) is 4.75. The largest absolute Gasteiger partial charge is 0.381 e. The molecule has 1 saturated heterocycles. The summed E-state index contributed by atoms with van der Waals surface area (Å²) in [5.41, 5.74) is 6.50. The van der Waals surface area contributed by atoms with Gasteiger partial charge in [-0.25, -0.2) is 0 Å². The highest BCUT2D eigenvalue weighted by molar-refractivity contribution is 6.05. The summed E-state index contributed by atoms with van der Waals surface area (Å²) in [6.45, 7) is 3.01. The summed E-state index contributed by atoms with van der Waals surface area (Å²) < 4.78 is 0. The van der Waals surface area contributed by atoms with Gasteiger partial charge in [0.25, 0.3) is 5.91 Å². The molecule has 1 unspecified atom stereocenters. The first-order chi connectivity index (χ1) is 14.6. The number of benzene rings is 2. The van der Waals surface area contributed by atoms with Crippen molar-refractivity contribution in [3.63, 3.8) is 0 Å². The Bertz CT molecular complexity index is 1050. The molecule has 7 heteroatoms. The zero-order valence-electron chi connectivity index (χ0n) is 16.7. The first-order valence-corrected chi connectivity index (χ1v) is 10.4. The Morgan fingerprint density at radius 3 is 2.77 bits per heavy atom. The molecule has 5 rings (SSSR count). The average molecular weight is 404 g/mol. The van der Waals surface area contributed by atoms with E-state index in [1.807, 2.05) is 18.2 Å². The fourth-order valence-electron chi connectivity index (χ4n) is 4.53. The lowest BCUT2D eigenvalue weighted by Gasteiger charge is -2.29. The van der Waals surface area contributed by atoms with Crippen LogP contribution in [0.2, 0.25) is 0 Å². The molecule has 7 nitrogen and oxygen atoms in total. The van der Waals surface area contributed by atoms with Gasteiger partial charge in [0.05, 0.1) is 0 Å². The van der Waals surface area contributed by atoms with Crippen LogP contribution in [0.1, 0.15) is 45.5 Å². The van der Waals surface area contributed by atoms with Crippen molar-refractivity contribution in [2.45, 2.75) is 44.9 Å². The molecule has 2 aromatic rings. The molecule has 0 aliphatic carbocycles. The Labute approximate surface area is 174 Å². The number of hydrogen-bond donors (Lipinski definition) is 3. The number of fused-ring (bicyclic) bond motifs is 2. The molecule has 154 valence electrons. The molecular weight excluding hydrogens is 380 g/mol. The maximum Gasteiger partial charge on any atom is 0.255 e. The minimum absolute atomic E-state index is 0.137. The molecule has 0 aromatic heterocycles. The lowest BCUT2D eigenvalue weighted by Crippen LogP contribution is -2.52. The van der Waals surface area contributed by atoms with Crippen molar-refractivity contribution in [2.75, 3.05) is 11.9 Å². The van der Waals surface area contributed by atoms with Crippen LogP contribution in [0.3, 0.4) is 0 Å². The number of anilines is 1. The van der Waals surface area contributed by atoms with Gasteiger partial charge in [-0.1, -0.05) is 18.2 Å². The van der Waals surface area contributed by atoms with Crippen LogP contribution in [0.15, 0.2) is 36.4 Å². The summed E-state index contributed by atoms with van der Waals surface area (Å²) in [7, 11) is 0. The summed E-state index contributed by atoms with van der Waals surface area (Å²) >= 11 is 0. The molecule has 3 aliphatic heterocycles. The van der Waals surface area contributed by atoms with Gasteiger partial charge >= 0.3 is 0 Å². The first-order valence-electron chi connectivity index (χ1n) is 10.4. The highest BCUT2D eigenvalue weighted by Crippen LogP contribution is 2.28. The van der Waals surface area contributed by atoms with Gasteiger partial charge in [-0.15, -0.1) is 0 Å². The van der Waals surface area contributed by atoms with Crippen LogP contribution in [0.5, 0.6) is 0 Å². The third-order valence-corrected chi connectivity index (χ3v) is 6.18. The van der Waals surface area contributed by atoms with Crippen LogP contribution in [0, 0.1) is 0 Å². The van der Waals surface area contributed by atoms with Crippen molar-refractivity contribution in [3.05, 3.63) is 64.2 Å². The number of carbonyl (C=O) groups excluding carboxylic acids is 3. The fourth-order valence-corrected chi connectivity index (χ4v) is 4.53. The van der Waals surface area contributed by atoms with Crippen LogP contribution < -0.4 is 16.0 Å². The van der Waals surface area contributed by atoms with E-state index in [0.29, 0.717) is 25.1 Å². The summed E-state index contributed by atoms with van der Waals surface area (Å²) in [6.07, 6.45) is 1.69. The smallest absolute Gasteiger partial charge is 0.255 e. The SMILES string of the molecule is O=C1CCC(N2Cc3cc(CNc4ccc5c(c4)CCNC5)ccc3C2=O)C(=O)N1. The van der Waals surface area contributed by atoms with Crippen molar-refractivity contribution < 1.29 is 14.4 Å². The van der Waals surface area contributed by atoms with Crippen molar-refractivity contribution in [1.29, 1.82) is 0 Å². The van der Waals surface area contributed by atoms with E-state index in [4.69, 9.17) is 0 Å². The highest BCUT2D eigenvalue weighted by Gasteiger charge is 2.39. The van der Waals surface area contributed by atoms with E-state index in [9.17, 15) is 14.4 Å². The number of amides is 3. The quantitative estimate of drug-likeness (QED) is 0.675. The van der Waals surface area contributed by atoms with Crippen molar-refractivity contribution in [3.8, 4) is 0 Å². The Morgan fingerprint density at radius 2 is 1.90 bits per heavy atom. The molecular formula is C23H24N4O3. The molecule has 3 amide bonds. The Hall–Kier alpha value is -3.19. The maximum atomic E-state index is 12.8. The molecule has 0 spiro atoms. The standard InChI is InChI=1S/C23H24N4O3/c28-21-6-5-20(22(29)26-21)27-13-17-9-14(1-4-19(17)23(27)30)11-25-18-3-2-16-12-24-8-7-15(16)10-18/h1-4,9-10,20,24-25H,5-8,11-13H2,(H,26,28,29). The van der Waals surface area contributed by atoms with Gasteiger partial charge in [-0.2, -0.15) is 0 Å². The Morgan fingerprint density at radius 1 is 1.00 bits per heavy atom. The van der Waals surface area contributed by atoms with Gasteiger partial charge in [-0.05, 0) is 59.8 Å². The summed E-state index contributed by atoms with van der Waals surface area (Å²) in [6, 6.07) is 11.8. The molecule has 2 aromatic carbocycles. The average Bonchev–Trinajstić information content (AvgIpc) is 3.08. The molecule has 1 atom stereocenters. The van der Waals surface area contributed by atoms with Crippen molar-refractivity contribution in [1.82, 2.24) is 15.5 Å². The highest BCUT2D eigenvalue weighted by atomic mass is 16.2. The summed E-state index contributed by atoms with van der Waals surface area (Å²) in [5, 5.41) is 9.20. The van der Waals surface area contributed by atoms with Gasteiger partial charge in [0.15, 0.2) is 0 Å². The summed E-state index contributed by atoms with van der Waals surface area (Å²) in [4.78, 5) is 38.0. The van der Waals surface area contributed by atoms with Crippen molar-refractivity contribution >= 4 is 23.4 Å². The molecule has 1 fully saturated rings. The molecule has 0 radical (unpaired) electrons. The predicted molar refractivity (Wildman–Crippen MR) is 112 cm³/mol. The second-order valence-electron chi connectivity index (χ2n) is 8.16. The van der Waals surface area contributed by atoms with Gasteiger partial charge in [-0.3, -0.25) is 19.7 Å². The number of piperidine rings is 1. The second-order valence-corrected chi connectivity index (χ2v) is 8.16. The molecule has 3 aliphatic rings. The lowest BCUT2D eigenvalue weighted by molar-refractivity contribution is -0.136. The number of imide groups is 1. The van der Waals surface area contributed by atoms with Crippen molar-refractivity contribution in [2.24, 2.45) is 0 Å². The normalized spacial score (nSPS) is 20.6. The lowest BCUT2D eigenvalue weighted by atomic mass is 10.0.